The highest BCUT2D eigenvalue weighted by atomic mass is 16.2. The molecule has 2 fully saturated rings. The van der Waals surface area contributed by atoms with Gasteiger partial charge in [0.15, 0.2) is 0 Å². The van der Waals surface area contributed by atoms with Gasteiger partial charge in [-0.15, -0.1) is 0 Å². The molecule has 2 aliphatic rings. The van der Waals surface area contributed by atoms with Crippen LogP contribution in [0.4, 0.5) is 0 Å². The van der Waals surface area contributed by atoms with Gasteiger partial charge in [-0.2, -0.15) is 0 Å². The second-order valence-electron chi connectivity index (χ2n) is 3.30. The summed E-state index contributed by atoms with van der Waals surface area (Å²) in [5.74, 6) is 0.162. The lowest BCUT2D eigenvalue weighted by Gasteiger charge is -2.15. The number of carbonyl (C=O) groups excluding carboxylic acids is 2. The minimum Gasteiger partial charge on any atom is -0.339 e. The predicted octanol–water partition coefficient (Wildman–Crippen LogP) is 0.196. The van der Waals surface area contributed by atoms with E-state index in [1.54, 1.807) is 0 Å². The fraction of sp³-hybridized carbons (Fsp3) is 0.750. The maximum atomic E-state index is 11.2. The minimum atomic E-state index is -0.00926. The van der Waals surface area contributed by atoms with E-state index in [1.807, 2.05) is 4.90 Å². The Balaban J connectivity index is 2.19. The third-order valence-corrected chi connectivity index (χ3v) is 2.70. The molecule has 0 aliphatic carbocycles. The molecule has 0 aromatic heterocycles. The second kappa shape index (κ2) is 2.32. The summed E-state index contributed by atoms with van der Waals surface area (Å²) >= 11 is 0. The summed E-state index contributed by atoms with van der Waals surface area (Å²) in [6.07, 6.45) is 3.48. The first-order chi connectivity index (χ1) is 5.33. The van der Waals surface area contributed by atoms with E-state index >= 15 is 0 Å². The van der Waals surface area contributed by atoms with Gasteiger partial charge < -0.3 is 9.69 Å². The first-order valence-electron chi connectivity index (χ1n) is 4.07. The fourth-order valence-corrected chi connectivity index (χ4v) is 2.14. The van der Waals surface area contributed by atoms with E-state index < -0.39 is 0 Å². The Labute approximate surface area is 65.4 Å². The van der Waals surface area contributed by atoms with Gasteiger partial charge in [0.25, 0.3) is 0 Å². The van der Waals surface area contributed by atoms with Gasteiger partial charge in [0.2, 0.25) is 5.91 Å². The molecule has 0 unspecified atom stereocenters. The van der Waals surface area contributed by atoms with Crippen LogP contribution in [-0.2, 0) is 9.59 Å². The van der Waals surface area contributed by atoms with Crippen LogP contribution in [0.15, 0.2) is 0 Å². The highest BCUT2D eigenvalue weighted by molar-refractivity contribution is 5.83. The molecule has 0 bridgehead atoms. The number of nitrogens with zero attached hydrogens (tertiary/aromatic N) is 1. The molecule has 2 heterocycles. The van der Waals surface area contributed by atoms with Crippen molar-refractivity contribution in [3.63, 3.8) is 0 Å². The molecule has 0 aromatic carbocycles. The molecule has 1 amide bonds. The SMILES string of the molecule is O=C[C@@H]1CC(=O)N2CCC[C@@H]12. The van der Waals surface area contributed by atoms with Crippen molar-refractivity contribution in [2.45, 2.75) is 25.3 Å². The molecule has 2 rings (SSSR count). The molecule has 3 nitrogen and oxygen atoms in total. The Bertz CT molecular complexity index is 202. The summed E-state index contributed by atoms with van der Waals surface area (Å²) in [5, 5.41) is 0. The molecule has 0 spiro atoms. The zero-order chi connectivity index (χ0) is 7.84. The minimum absolute atomic E-state index is 0.00926. The van der Waals surface area contributed by atoms with Crippen LogP contribution in [0, 0.1) is 5.92 Å². The van der Waals surface area contributed by atoms with Gasteiger partial charge in [-0.1, -0.05) is 0 Å². The summed E-state index contributed by atoms with van der Waals surface area (Å²) in [4.78, 5) is 23.6. The van der Waals surface area contributed by atoms with Crippen LogP contribution in [0.25, 0.3) is 0 Å². The van der Waals surface area contributed by atoms with Crippen molar-refractivity contribution >= 4 is 12.2 Å². The number of amides is 1. The van der Waals surface area contributed by atoms with E-state index in [0.29, 0.717) is 6.42 Å². The van der Waals surface area contributed by atoms with Crippen LogP contribution in [0.3, 0.4) is 0 Å². The van der Waals surface area contributed by atoms with Crippen molar-refractivity contribution in [2.24, 2.45) is 5.92 Å². The van der Waals surface area contributed by atoms with Crippen LogP contribution in [0.2, 0.25) is 0 Å². The van der Waals surface area contributed by atoms with Crippen LogP contribution >= 0.6 is 0 Å². The Morgan fingerprint density at radius 3 is 3.09 bits per heavy atom. The maximum absolute atomic E-state index is 11.2. The van der Waals surface area contributed by atoms with Crippen molar-refractivity contribution < 1.29 is 9.59 Å². The number of aldehydes is 1. The fourth-order valence-electron chi connectivity index (χ4n) is 2.14. The summed E-state index contributed by atoms with van der Waals surface area (Å²) < 4.78 is 0. The lowest BCUT2D eigenvalue weighted by atomic mass is 10.0. The summed E-state index contributed by atoms with van der Waals surface area (Å²) in [6.45, 7) is 0.869. The van der Waals surface area contributed by atoms with E-state index in [1.165, 1.54) is 0 Å². The number of hydrogen-bond donors (Lipinski definition) is 0. The van der Waals surface area contributed by atoms with E-state index in [2.05, 4.69) is 0 Å². The molecule has 0 radical (unpaired) electrons. The van der Waals surface area contributed by atoms with E-state index in [4.69, 9.17) is 0 Å². The molecular weight excluding hydrogens is 142 g/mol. The van der Waals surface area contributed by atoms with Gasteiger partial charge >= 0.3 is 0 Å². The quantitative estimate of drug-likeness (QED) is 0.504. The molecule has 3 heteroatoms. The van der Waals surface area contributed by atoms with Crippen molar-refractivity contribution in [3.05, 3.63) is 0 Å². The number of rotatable bonds is 1. The molecule has 60 valence electrons. The van der Waals surface area contributed by atoms with Gasteiger partial charge in [-0.05, 0) is 12.8 Å². The lowest BCUT2D eigenvalue weighted by Crippen LogP contribution is -2.29. The van der Waals surface area contributed by atoms with Crippen LogP contribution in [0.1, 0.15) is 19.3 Å². The Hall–Kier alpha value is -0.860. The van der Waals surface area contributed by atoms with E-state index in [-0.39, 0.29) is 17.9 Å². The number of carbonyl (C=O) groups is 2. The molecule has 0 N–H and O–H groups in total. The lowest BCUT2D eigenvalue weighted by molar-refractivity contribution is -0.128. The standard InChI is InChI=1S/C8H11NO2/c10-5-6-4-8(11)9-3-1-2-7(6)9/h5-7H,1-4H2/t6-,7-/m0/s1. The first kappa shape index (κ1) is 6.83. The number of fused-ring (bicyclic) bond motifs is 1. The largest absolute Gasteiger partial charge is 0.339 e. The van der Waals surface area contributed by atoms with Crippen LogP contribution in [0.5, 0.6) is 0 Å². The monoisotopic (exact) mass is 153 g/mol. The smallest absolute Gasteiger partial charge is 0.223 e. The zero-order valence-electron chi connectivity index (χ0n) is 6.32. The maximum Gasteiger partial charge on any atom is 0.223 e. The first-order valence-corrected chi connectivity index (χ1v) is 4.07. The van der Waals surface area contributed by atoms with Gasteiger partial charge in [0.1, 0.15) is 6.29 Å². The topological polar surface area (TPSA) is 37.4 Å². The van der Waals surface area contributed by atoms with Crippen molar-refractivity contribution in [3.8, 4) is 0 Å². The van der Waals surface area contributed by atoms with Gasteiger partial charge in [-0.3, -0.25) is 4.79 Å². The molecular formula is C8H11NO2. The average Bonchev–Trinajstić information content (AvgIpc) is 2.54. The zero-order valence-corrected chi connectivity index (χ0v) is 6.32. The van der Waals surface area contributed by atoms with Crippen molar-refractivity contribution in [1.29, 1.82) is 0 Å². The third-order valence-electron chi connectivity index (χ3n) is 2.70. The Morgan fingerprint density at radius 2 is 2.36 bits per heavy atom. The normalized spacial score (nSPS) is 36.0. The highest BCUT2D eigenvalue weighted by Gasteiger charge is 2.41. The summed E-state index contributed by atoms with van der Waals surface area (Å²) in [6, 6.07) is 0.250. The van der Waals surface area contributed by atoms with Crippen molar-refractivity contribution in [1.82, 2.24) is 4.90 Å². The predicted molar refractivity (Wildman–Crippen MR) is 38.9 cm³/mol. The molecule has 2 saturated heterocycles. The third kappa shape index (κ3) is 0.870. The second-order valence-corrected chi connectivity index (χ2v) is 3.30. The molecule has 0 saturated carbocycles. The van der Waals surface area contributed by atoms with E-state index in [9.17, 15) is 9.59 Å². The Morgan fingerprint density at radius 1 is 1.55 bits per heavy atom. The molecule has 0 aromatic rings. The summed E-state index contributed by atoms with van der Waals surface area (Å²) in [7, 11) is 0. The van der Waals surface area contributed by atoms with Crippen LogP contribution in [-0.4, -0.2) is 29.7 Å². The Kier molecular flexibility index (Phi) is 1.44. The van der Waals surface area contributed by atoms with Gasteiger partial charge in [0.05, 0.1) is 0 Å². The van der Waals surface area contributed by atoms with Gasteiger partial charge in [0, 0.05) is 24.9 Å². The van der Waals surface area contributed by atoms with Crippen LogP contribution < -0.4 is 0 Å². The molecule has 2 aliphatic heterocycles. The highest BCUT2D eigenvalue weighted by Crippen LogP contribution is 2.32. The molecule has 11 heavy (non-hydrogen) atoms. The van der Waals surface area contributed by atoms with Gasteiger partial charge in [-0.25, -0.2) is 0 Å². The van der Waals surface area contributed by atoms with E-state index in [0.717, 1.165) is 25.7 Å². The average molecular weight is 153 g/mol. The van der Waals surface area contributed by atoms with Crippen molar-refractivity contribution in [2.75, 3.05) is 6.54 Å². The molecule has 2 atom stereocenters. The summed E-state index contributed by atoms with van der Waals surface area (Å²) in [5.41, 5.74) is 0. The number of hydrogen-bond acceptors (Lipinski definition) is 2.